The number of aromatic nitrogens is 2. The van der Waals surface area contributed by atoms with E-state index in [1.165, 1.54) is 28.2 Å². The van der Waals surface area contributed by atoms with Crippen LogP contribution in [0.5, 0.6) is 5.75 Å². The number of hydrogen-bond acceptors (Lipinski definition) is 2. The predicted molar refractivity (Wildman–Crippen MR) is 125 cm³/mol. The van der Waals surface area contributed by atoms with Gasteiger partial charge in [-0.1, -0.05) is 36.4 Å². The quantitative estimate of drug-likeness (QED) is 0.419. The van der Waals surface area contributed by atoms with Crippen LogP contribution in [0.25, 0.3) is 29.1 Å². The van der Waals surface area contributed by atoms with Crippen molar-refractivity contribution in [2.75, 3.05) is 26.1 Å². The second kappa shape index (κ2) is 8.46. The van der Waals surface area contributed by atoms with Crippen LogP contribution in [-0.2, 0) is 6.54 Å². The summed E-state index contributed by atoms with van der Waals surface area (Å²) in [6.07, 6.45) is 8.64. The number of ether oxygens (including phenoxy) is 1. The molecule has 0 N–H and O–H groups in total. The molecule has 0 spiro atoms. The van der Waals surface area contributed by atoms with Crippen LogP contribution in [0.15, 0.2) is 73.1 Å². The average molecular weight is 399 g/mol. The van der Waals surface area contributed by atoms with E-state index in [4.69, 9.17) is 4.74 Å². The van der Waals surface area contributed by atoms with E-state index in [2.05, 4.69) is 108 Å². The maximum atomic E-state index is 5.41. The van der Waals surface area contributed by atoms with E-state index in [-0.39, 0.29) is 0 Å². The lowest BCUT2D eigenvalue weighted by Gasteiger charge is -2.11. The van der Waals surface area contributed by atoms with Crippen LogP contribution < -0.4 is 14.0 Å². The normalized spacial score (nSPS) is 11.3. The third-order valence-corrected chi connectivity index (χ3v) is 5.38. The molecule has 2 aromatic heterocycles. The van der Waals surface area contributed by atoms with E-state index in [9.17, 15) is 0 Å². The Labute approximate surface area is 178 Å². The molecule has 0 radical (unpaired) electrons. The number of fused-ring (bicyclic) bond motifs is 1. The summed E-state index contributed by atoms with van der Waals surface area (Å²) in [5.74, 6) is 0.870. The Kier molecular flexibility index (Phi) is 5.57. The van der Waals surface area contributed by atoms with E-state index < -0.39 is 0 Å². The molecular weight excluding hydrogens is 370 g/mol. The summed E-state index contributed by atoms with van der Waals surface area (Å²) in [7, 11) is 5.82. The molecule has 0 aliphatic rings. The van der Waals surface area contributed by atoms with Gasteiger partial charge < -0.3 is 9.64 Å². The van der Waals surface area contributed by atoms with Crippen LogP contribution in [0, 0.1) is 0 Å². The Bertz CT molecular complexity index is 1190. The molecule has 0 unspecified atom stereocenters. The smallest absolute Gasteiger partial charge is 0.287 e. The molecular formula is C26H28N3O+. The number of imidazole rings is 1. The Morgan fingerprint density at radius 3 is 2.43 bits per heavy atom. The molecule has 0 bridgehead atoms. The zero-order valence-electron chi connectivity index (χ0n) is 18.0. The van der Waals surface area contributed by atoms with Gasteiger partial charge in [-0.2, -0.15) is 0 Å². The van der Waals surface area contributed by atoms with Crippen LogP contribution >= 0.6 is 0 Å². The van der Waals surface area contributed by atoms with Gasteiger partial charge in [-0.15, -0.1) is 0 Å². The standard InChI is InChI=1S/C26H28N3O/c1-5-29-25(22-7-6-8-24(18-22)30-4)19-28-16-15-21(17-26(28)29)10-9-20-11-13-23(14-12-20)27(2)3/h6-19H,5H2,1-4H3/q+1. The summed E-state index contributed by atoms with van der Waals surface area (Å²) in [5, 5.41) is 0. The average Bonchev–Trinajstić information content (AvgIpc) is 3.16. The van der Waals surface area contributed by atoms with Crippen molar-refractivity contribution in [3.05, 3.63) is 84.2 Å². The SMILES string of the molecule is CCn1c(-c2cccc(OC)c2)c[n+]2ccc(C=Cc3ccc(N(C)C)cc3)cc12. The first-order valence-corrected chi connectivity index (χ1v) is 10.2. The molecule has 0 aliphatic carbocycles. The second-order valence-electron chi connectivity index (χ2n) is 7.54. The van der Waals surface area contributed by atoms with Crippen molar-refractivity contribution < 1.29 is 9.14 Å². The van der Waals surface area contributed by atoms with Crippen molar-refractivity contribution in [3.8, 4) is 17.0 Å². The van der Waals surface area contributed by atoms with Gasteiger partial charge in [0.1, 0.15) is 11.9 Å². The number of methoxy groups -OCH3 is 1. The molecule has 4 nitrogen and oxygen atoms in total. The minimum absolute atomic E-state index is 0.870. The number of aryl methyl sites for hydroxylation is 1. The van der Waals surface area contributed by atoms with Gasteiger partial charge in [-0.25, -0.2) is 8.97 Å². The molecule has 4 aromatic rings. The van der Waals surface area contributed by atoms with Crippen molar-refractivity contribution in [2.24, 2.45) is 0 Å². The third kappa shape index (κ3) is 3.94. The van der Waals surface area contributed by atoms with E-state index in [1.54, 1.807) is 7.11 Å². The van der Waals surface area contributed by atoms with Gasteiger partial charge in [0.05, 0.1) is 19.9 Å². The van der Waals surface area contributed by atoms with Gasteiger partial charge in [0, 0.05) is 31.4 Å². The summed E-state index contributed by atoms with van der Waals surface area (Å²) in [6.45, 7) is 3.07. The minimum Gasteiger partial charge on any atom is -0.497 e. The first-order valence-electron chi connectivity index (χ1n) is 10.2. The topological polar surface area (TPSA) is 21.5 Å². The van der Waals surface area contributed by atoms with E-state index in [0.29, 0.717) is 0 Å². The molecule has 0 aliphatic heterocycles. The summed E-state index contributed by atoms with van der Waals surface area (Å²) in [5.41, 5.74) is 7.07. The van der Waals surface area contributed by atoms with Gasteiger partial charge in [0.15, 0.2) is 5.69 Å². The summed E-state index contributed by atoms with van der Waals surface area (Å²) < 4.78 is 9.92. The zero-order valence-corrected chi connectivity index (χ0v) is 18.0. The Morgan fingerprint density at radius 2 is 1.73 bits per heavy atom. The Balaban J connectivity index is 1.68. The highest BCUT2D eigenvalue weighted by Crippen LogP contribution is 2.25. The molecule has 0 fully saturated rings. The lowest BCUT2D eigenvalue weighted by molar-refractivity contribution is -0.510. The molecule has 2 heterocycles. The molecule has 4 heteroatoms. The summed E-state index contributed by atoms with van der Waals surface area (Å²) >= 11 is 0. The molecule has 2 aromatic carbocycles. The van der Waals surface area contributed by atoms with E-state index in [0.717, 1.165) is 17.9 Å². The molecule has 30 heavy (non-hydrogen) atoms. The number of anilines is 1. The van der Waals surface area contributed by atoms with E-state index in [1.807, 2.05) is 12.1 Å². The molecule has 0 atom stereocenters. The first-order chi connectivity index (χ1) is 14.6. The van der Waals surface area contributed by atoms with Crippen LogP contribution in [0.1, 0.15) is 18.1 Å². The molecule has 0 saturated heterocycles. The lowest BCUT2D eigenvalue weighted by atomic mass is 10.1. The van der Waals surface area contributed by atoms with Crippen molar-refractivity contribution in [1.29, 1.82) is 0 Å². The van der Waals surface area contributed by atoms with Crippen LogP contribution in [-0.4, -0.2) is 25.8 Å². The van der Waals surface area contributed by atoms with Crippen molar-refractivity contribution in [2.45, 2.75) is 13.5 Å². The highest BCUT2D eigenvalue weighted by molar-refractivity contribution is 5.72. The van der Waals surface area contributed by atoms with Crippen molar-refractivity contribution >= 4 is 23.5 Å². The fourth-order valence-corrected chi connectivity index (χ4v) is 3.69. The van der Waals surface area contributed by atoms with Crippen LogP contribution in [0.4, 0.5) is 5.69 Å². The number of hydrogen-bond donors (Lipinski definition) is 0. The van der Waals surface area contributed by atoms with Crippen LogP contribution in [0.3, 0.4) is 0 Å². The highest BCUT2D eigenvalue weighted by Gasteiger charge is 2.18. The fourth-order valence-electron chi connectivity index (χ4n) is 3.69. The summed E-state index contributed by atoms with van der Waals surface area (Å²) in [6, 6.07) is 21.2. The minimum atomic E-state index is 0.870. The van der Waals surface area contributed by atoms with Gasteiger partial charge in [0.2, 0.25) is 0 Å². The Hall–Kier alpha value is -3.53. The highest BCUT2D eigenvalue weighted by atomic mass is 16.5. The molecule has 4 rings (SSSR count). The maximum absolute atomic E-state index is 5.41. The summed E-state index contributed by atoms with van der Waals surface area (Å²) in [4.78, 5) is 2.11. The lowest BCUT2D eigenvalue weighted by Crippen LogP contribution is -2.18. The Morgan fingerprint density at radius 1 is 0.967 bits per heavy atom. The number of nitrogens with zero attached hydrogens (tertiary/aromatic N) is 3. The first kappa shape index (κ1) is 19.8. The van der Waals surface area contributed by atoms with Crippen LogP contribution in [0.2, 0.25) is 0 Å². The third-order valence-electron chi connectivity index (χ3n) is 5.38. The van der Waals surface area contributed by atoms with Gasteiger partial charge in [-0.3, -0.25) is 0 Å². The largest absolute Gasteiger partial charge is 0.497 e. The fraction of sp³-hybridized carbons (Fsp3) is 0.192. The monoisotopic (exact) mass is 398 g/mol. The van der Waals surface area contributed by atoms with Crippen molar-refractivity contribution in [3.63, 3.8) is 0 Å². The molecule has 0 amide bonds. The maximum Gasteiger partial charge on any atom is 0.287 e. The van der Waals surface area contributed by atoms with Crippen molar-refractivity contribution in [1.82, 2.24) is 4.57 Å². The molecule has 152 valence electrons. The second-order valence-corrected chi connectivity index (χ2v) is 7.54. The number of benzene rings is 2. The number of pyridine rings is 1. The molecule has 0 saturated carbocycles. The van der Waals surface area contributed by atoms with E-state index >= 15 is 0 Å². The predicted octanol–water partition coefficient (Wildman–Crippen LogP) is 5.16. The van der Waals surface area contributed by atoms with Gasteiger partial charge >= 0.3 is 0 Å². The van der Waals surface area contributed by atoms with Gasteiger partial charge in [0.25, 0.3) is 5.65 Å². The van der Waals surface area contributed by atoms with Gasteiger partial charge in [-0.05, 0) is 48.4 Å². The zero-order chi connectivity index (χ0) is 21.1. The number of rotatable bonds is 6.